The van der Waals surface area contributed by atoms with Gasteiger partial charge in [-0.2, -0.15) is 0 Å². The smallest absolute Gasteiger partial charge is 0.335 e. The number of hydrogen-bond acceptors (Lipinski definition) is 4. The standard InChI is InChI=1S/C14H21N3O2/c1-9(2)12-6-10(14(18)19)7-13(16-12)17-5-3-4-11(15)8-17/h6-7,9,11H,3-5,8,15H2,1-2H3,(H,18,19). The summed E-state index contributed by atoms with van der Waals surface area (Å²) in [5.41, 5.74) is 7.09. The number of aromatic nitrogens is 1. The minimum absolute atomic E-state index is 0.145. The van der Waals surface area contributed by atoms with Crippen LogP contribution < -0.4 is 10.6 Å². The molecule has 1 aliphatic heterocycles. The molecule has 1 atom stereocenters. The van der Waals surface area contributed by atoms with Crippen molar-refractivity contribution in [2.24, 2.45) is 5.73 Å². The molecule has 0 bridgehead atoms. The maximum absolute atomic E-state index is 11.2. The van der Waals surface area contributed by atoms with Gasteiger partial charge < -0.3 is 15.7 Å². The van der Waals surface area contributed by atoms with E-state index in [1.54, 1.807) is 12.1 Å². The van der Waals surface area contributed by atoms with Crippen LogP contribution in [0.2, 0.25) is 0 Å². The Kier molecular flexibility index (Phi) is 4.04. The molecular formula is C14H21N3O2. The molecule has 1 unspecified atom stereocenters. The van der Waals surface area contributed by atoms with Gasteiger partial charge in [0.2, 0.25) is 0 Å². The van der Waals surface area contributed by atoms with Crippen LogP contribution in [0.4, 0.5) is 5.82 Å². The third-order valence-electron chi connectivity index (χ3n) is 3.45. The fourth-order valence-electron chi connectivity index (χ4n) is 2.34. The van der Waals surface area contributed by atoms with Crippen molar-refractivity contribution in [2.75, 3.05) is 18.0 Å². The van der Waals surface area contributed by atoms with Crippen molar-refractivity contribution in [1.82, 2.24) is 4.98 Å². The maximum Gasteiger partial charge on any atom is 0.335 e. The molecule has 1 aliphatic rings. The van der Waals surface area contributed by atoms with Crippen LogP contribution in [0.25, 0.3) is 0 Å². The normalized spacial score (nSPS) is 19.8. The molecule has 19 heavy (non-hydrogen) atoms. The van der Waals surface area contributed by atoms with Crippen LogP contribution in [0.15, 0.2) is 12.1 Å². The summed E-state index contributed by atoms with van der Waals surface area (Å²) >= 11 is 0. The van der Waals surface area contributed by atoms with Crippen LogP contribution in [0.3, 0.4) is 0 Å². The number of carboxylic acids is 1. The zero-order valence-corrected chi connectivity index (χ0v) is 11.5. The fourth-order valence-corrected chi connectivity index (χ4v) is 2.34. The lowest BCUT2D eigenvalue weighted by molar-refractivity contribution is 0.0696. The number of nitrogens with two attached hydrogens (primary N) is 1. The van der Waals surface area contributed by atoms with Gasteiger partial charge in [0.1, 0.15) is 5.82 Å². The van der Waals surface area contributed by atoms with Crippen molar-refractivity contribution >= 4 is 11.8 Å². The van der Waals surface area contributed by atoms with E-state index in [1.165, 1.54) is 0 Å². The molecule has 2 heterocycles. The number of carboxylic acid groups (broad SMARTS) is 1. The summed E-state index contributed by atoms with van der Waals surface area (Å²) in [5, 5.41) is 9.19. The molecule has 0 aliphatic carbocycles. The van der Waals surface area contributed by atoms with Gasteiger partial charge in [-0.05, 0) is 30.9 Å². The number of pyridine rings is 1. The van der Waals surface area contributed by atoms with E-state index in [9.17, 15) is 9.90 Å². The van der Waals surface area contributed by atoms with Gasteiger partial charge in [-0.15, -0.1) is 0 Å². The van der Waals surface area contributed by atoms with Crippen LogP contribution in [0, 0.1) is 0 Å². The molecule has 0 amide bonds. The van der Waals surface area contributed by atoms with E-state index >= 15 is 0 Å². The Morgan fingerprint density at radius 2 is 2.26 bits per heavy atom. The molecule has 0 spiro atoms. The molecule has 0 aromatic carbocycles. The maximum atomic E-state index is 11.2. The van der Waals surface area contributed by atoms with E-state index in [2.05, 4.69) is 9.88 Å². The second-order valence-corrected chi connectivity index (χ2v) is 5.45. The van der Waals surface area contributed by atoms with E-state index in [4.69, 9.17) is 5.73 Å². The van der Waals surface area contributed by atoms with Crippen molar-refractivity contribution in [3.8, 4) is 0 Å². The Morgan fingerprint density at radius 3 is 2.84 bits per heavy atom. The van der Waals surface area contributed by atoms with Crippen molar-refractivity contribution < 1.29 is 9.90 Å². The van der Waals surface area contributed by atoms with Crippen LogP contribution >= 0.6 is 0 Å². The van der Waals surface area contributed by atoms with Gasteiger partial charge in [0.15, 0.2) is 0 Å². The van der Waals surface area contributed by atoms with Crippen LogP contribution in [-0.4, -0.2) is 35.2 Å². The lowest BCUT2D eigenvalue weighted by atomic mass is 10.0. The van der Waals surface area contributed by atoms with Crippen molar-refractivity contribution in [3.05, 3.63) is 23.4 Å². The molecule has 3 N–H and O–H groups in total. The van der Waals surface area contributed by atoms with E-state index in [0.717, 1.165) is 37.4 Å². The third kappa shape index (κ3) is 3.23. The first-order valence-electron chi connectivity index (χ1n) is 6.73. The Labute approximate surface area is 113 Å². The number of hydrogen-bond donors (Lipinski definition) is 2. The van der Waals surface area contributed by atoms with Crippen LogP contribution in [0.1, 0.15) is 48.7 Å². The molecule has 2 rings (SSSR count). The molecule has 5 heteroatoms. The Morgan fingerprint density at radius 1 is 1.53 bits per heavy atom. The van der Waals surface area contributed by atoms with E-state index in [0.29, 0.717) is 5.56 Å². The quantitative estimate of drug-likeness (QED) is 0.869. The summed E-state index contributed by atoms with van der Waals surface area (Å²) < 4.78 is 0. The zero-order valence-electron chi connectivity index (χ0n) is 11.5. The van der Waals surface area contributed by atoms with Gasteiger partial charge in [0.25, 0.3) is 0 Å². The highest BCUT2D eigenvalue weighted by Crippen LogP contribution is 2.22. The highest BCUT2D eigenvalue weighted by molar-refractivity contribution is 5.88. The number of piperidine rings is 1. The summed E-state index contributed by atoms with van der Waals surface area (Å²) in [6.07, 6.45) is 2.04. The summed E-state index contributed by atoms with van der Waals surface area (Å²) in [5.74, 6) is 0.0297. The number of aromatic carboxylic acids is 1. The molecule has 1 aromatic heterocycles. The lowest BCUT2D eigenvalue weighted by Crippen LogP contribution is -2.43. The summed E-state index contributed by atoms with van der Waals surface area (Å²) in [7, 11) is 0. The number of rotatable bonds is 3. The zero-order chi connectivity index (χ0) is 14.0. The molecule has 5 nitrogen and oxygen atoms in total. The SMILES string of the molecule is CC(C)c1cc(C(=O)O)cc(N2CCCC(N)C2)n1. The van der Waals surface area contributed by atoms with Gasteiger partial charge in [0.05, 0.1) is 5.56 Å². The van der Waals surface area contributed by atoms with Crippen molar-refractivity contribution in [3.63, 3.8) is 0 Å². The Bertz CT molecular complexity index is 474. The number of carbonyl (C=O) groups is 1. The van der Waals surface area contributed by atoms with E-state index < -0.39 is 5.97 Å². The first-order valence-corrected chi connectivity index (χ1v) is 6.73. The minimum atomic E-state index is -0.910. The van der Waals surface area contributed by atoms with E-state index in [1.807, 2.05) is 13.8 Å². The molecule has 1 fully saturated rings. The predicted molar refractivity (Wildman–Crippen MR) is 74.7 cm³/mol. The summed E-state index contributed by atoms with van der Waals surface area (Å²) in [6, 6.07) is 3.44. The average molecular weight is 263 g/mol. The molecule has 1 aromatic rings. The molecule has 104 valence electrons. The summed E-state index contributed by atoms with van der Waals surface area (Å²) in [4.78, 5) is 17.9. The second-order valence-electron chi connectivity index (χ2n) is 5.45. The molecule has 0 saturated carbocycles. The van der Waals surface area contributed by atoms with Gasteiger partial charge >= 0.3 is 5.97 Å². The van der Waals surface area contributed by atoms with Crippen molar-refractivity contribution in [1.29, 1.82) is 0 Å². The van der Waals surface area contributed by atoms with E-state index in [-0.39, 0.29) is 12.0 Å². The van der Waals surface area contributed by atoms with Gasteiger partial charge in [-0.25, -0.2) is 9.78 Å². The minimum Gasteiger partial charge on any atom is -0.478 e. The second kappa shape index (κ2) is 5.57. The van der Waals surface area contributed by atoms with Gasteiger partial charge in [-0.3, -0.25) is 0 Å². The van der Waals surface area contributed by atoms with Crippen molar-refractivity contribution in [2.45, 2.75) is 38.6 Å². The van der Waals surface area contributed by atoms with Gasteiger partial charge in [-0.1, -0.05) is 13.8 Å². The first-order chi connectivity index (χ1) is 8.97. The number of nitrogens with zero attached hydrogens (tertiary/aromatic N) is 2. The topological polar surface area (TPSA) is 79.5 Å². The molecular weight excluding hydrogens is 242 g/mol. The fraction of sp³-hybridized carbons (Fsp3) is 0.571. The average Bonchev–Trinajstić information content (AvgIpc) is 2.38. The monoisotopic (exact) mass is 263 g/mol. The highest BCUT2D eigenvalue weighted by atomic mass is 16.4. The number of anilines is 1. The van der Waals surface area contributed by atoms with Gasteiger partial charge in [0, 0.05) is 24.8 Å². The highest BCUT2D eigenvalue weighted by Gasteiger charge is 2.20. The first kappa shape index (κ1) is 13.8. The Hall–Kier alpha value is -1.62. The largest absolute Gasteiger partial charge is 0.478 e. The molecule has 0 radical (unpaired) electrons. The molecule has 1 saturated heterocycles. The Balaban J connectivity index is 2.35. The summed E-state index contributed by atoms with van der Waals surface area (Å²) in [6.45, 7) is 5.66. The lowest BCUT2D eigenvalue weighted by Gasteiger charge is -2.32. The predicted octanol–water partition coefficient (Wildman–Crippen LogP) is 1.83. The van der Waals surface area contributed by atoms with Crippen LogP contribution in [-0.2, 0) is 0 Å². The third-order valence-corrected chi connectivity index (χ3v) is 3.45. The van der Waals surface area contributed by atoms with Crippen LogP contribution in [0.5, 0.6) is 0 Å².